The summed E-state index contributed by atoms with van der Waals surface area (Å²) in [6, 6.07) is 7.84. The number of thiazole rings is 1. The third-order valence-electron chi connectivity index (χ3n) is 6.90. The number of piperidine rings is 1. The van der Waals surface area contributed by atoms with Crippen LogP contribution >= 0.6 is 11.3 Å². The van der Waals surface area contributed by atoms with Crippen LogP contribution in [0.1, 0.15) is 35.1 Å². The number of aromatic nitrogens is 1. The summed E-state index contributed by atoms with van der Waals surface area (Å²) in [6.07, 6.45) is 1.19. The minimum absolute atomic E-state index is 0.368. The number of hydrogen-bond acceptors (Lipinski definition) is 7. The first-order valence-electron chi connectivity index (χ1n) is 11.4. The Morgan fingerprint density at radius 3 is 2.15 bits per heavy atom. The van der Waals surface area contributed by atoms with Gasteiger partial charge in [0, 0.05) is 24.0 Å². The number of sulfone groups is 1. The van der Waals surface area contributed by atoms with Gasteiger partial charge in [-0.1, -0.05) is 6.07 Å². The highest BCUT2D eigenvalue weighted by Crippen LogP contribution is 2.36. The molecule has 8 heteroatoms. The Hall–Kier alpha value is -2.58. The van der Waals surface area contributed by atoms with E-state index in [-0.39, 0.29) is 5.25 Å². The van der Waals surface area contributed by atoms with Crippen LogP contribution in [0.25, 0.3) is 11.3 Å². The molecule has 3 aromatic rings. The number of anilines is 1. The summed E-state index contributed by atoms with van der Waals surface area (Å²) in [6.45, 7) is 9.17. The van der Waals surface area contributed by atoms with E-state index in [1.165, 1.54) is 0 Å². The van der Waals surface area contributed by atoms with E-state index in [4.69, 9.17) is 14.5 Å². The molecule has 1 saturated heterocycles. The maximum atomic E-state index is 13.6. The monoisotopic (exact) mass is 500 g/mol. The summed E-state index contributed by atoms with van der Waals surface area (Å²) in [4.78, 5) is 7.56. The van der Waals surface area contributed by atoms with Gasteiger partial charge < -0.3 is 14.4 Å². The first-order chi connectivity index (χ1) is 16.2. The van der Waals surface area contributed by atoms with Gasteiger partial charge in [-0.25, -0.2) is 13.4 Å². The van der Waals surface area contributed by atoms with Crippen LogP contribution in [0, 0.1) is 27.7 Å². The predicted molar refractivity (Wildman–Crippen MR) is 138 cm³/mol. The second-order valence-electron chi connectivity index (χ2n) is 8.91. The fourth-order valence-electron chi connectivity index (χ4n) is 4.67. The van der Waals surface area contributed by atoms with Crippen molar-refractivity contribution >= 4 is 26.3 Å². The van der Waals surface area contributed by atoms with Gasteiger partial charge in [0.25, 0.3) is 0 Å². The molecule has 4 rings (SSSR count). The van der Waals surface area contributed by atoms with Crippen LogP contribution in [0.15, 0.2) is 34.5 Å². The molecular formula is C26H32N2O4S2. The number of methoxy groups -OCH3 is 2. The Bertz CT molecular complexity index is 1280. The zero-order valence-corrected chi connectivity index (χ0v) is 22.3. The lowest BCUT2D eigenvalue weighted by atomic mass is 10.0. The van der Waals surface area contributed by atoms with Gasteiger partial charge in [0.2, 0.25) is 0 Å². The van der Waals surface area contributed by atoms with Crippen LogP contribution in [0.4, 0.5) is 5.13 Å². The Labute approximate surface area is 206 Å². The van der Waals surface area contributed by atoms with E-state index in [9.17, 15) is 8.42 Å². The minimum atomic E-state index is -3.40. The molecule has 0 amide bonds. The number of benzene rings is 2. The molecule has 1 aliphatic heterocycles. The maximum absolute atomic E-state index is 13.6. The first kappa shape index (κ1) is 24.5. The molecule has 1 aliphatic rings. The Morgan fingerprint density at radius 1 is 0.941 bits per heavy atom. The summed E-state index contributed by atoms with van der Waals surface area (Å²) in [5.74, 6) is 1.34. The van der Waals surface area contributed by atoms with Crippen molar-refractivity contribution in [2.24, 2.45) is 0 Å². The molecule has 2 aromatic carbocycles. The SMILES string of the molecule is COc1ccc(-c2csc(N3CCC(S(=O)(=O)c4c(C)c(C)cc(C)c4C)CC3)n2)cc1OC. The van der Waals surface area contributed by atoms with Crippen molar-refractivity contribution in [3.8, 4) is 22.8 Å². The second-order valence-corrected chi connectivity index (χ2v) is 11.9. The number of ether oxygens (including phenoxy) is 2. The molecule has 0 unspecified atom stereocenters. The lowest BCUT2D eigenvalue weighted by Crippen LogP contribution is -2.39. The highest BCUT2D eigenvalue weighted by atomic mass is 32.2. The van der Waals surface area contributed by atoms with Gasteiger partial charge in [-0.15, -0.1) is 11.3 Å². The molecular weight excluding hydrogens is 468 g/mol. The second kappa shape index (κ2) is 9.58. The topological polar surface area (TPSA) is 68.7 Å². The number of hydrogen-bond donors (Lipinski definition) is 0. The van der Waals surface area contributed by atoms with Gasteiger partial charge in [-0.05, 0) is 81.0 Å². The smallest absolute Gasteiger partial charge is 0.185 e. The molecule has 0 N–H and O–H groups in total. The molecule has 1 fully saturated rings. The lowest BCUT2D eigenvalue weighted by Gasteiger charge is -2.32. The molecule has 2 heterocycles. The van der Waals surface area contributed by atoms with Crippen molar-refractivity contribution < 1.29 is 17.9 Å². The quantitative estimate of drug-likeness (QED) is 0.445. The summed E-state index contributed by atoms with van der Waals surface area (Å²) in [5.41, 5.74) is 5.65. The van der Waals surface area contributed by atoms with E-state index in [0.29, 0.717) is 42.3 Å². The van der Waals surface area contributed by atoms with Gasteiger partial charge in [0.1, 0.15) is 0 Å². The molecule has 0 spiro atoms. The highest BCUT2D eigenvalue weighted by molar-refractivity contribution is 7.92. The van der Waals surface area contributed by atoms with E-state index in [0.717, 1.165) is 38.6 Å². The van der Waals surface area contributed by atoms with Gasteiger partial charge in [-0.2, -0.15) is 0 Å². The Balaban J connectivity index is 1.51. The van der Waals surface area contributed by atoms with Crippen LogP contribution < -0.4 is 14.4 Å². The molecule has 0 aliphatic carbocycles. The number of nitrogens with zero attached hydrogens (tertiary/aromatic N) is 2. The summed E-state index contributed by atoms with van der Waals surface area (Å²) in [5, 5.41) is 2.58. The standard InChI is InChI=1S/C26H32N2O4S2/c1-16-13-17(2)19(4)25(18(16)3)34(29,30)21-9-11-28(12-10-21)26-27-22(15-33-26)20-7-8-23(31-5)24(14-20)32-6/h7-8,13-15,21H,9-12H2,1-6H3. The van der Waals surface area contributed by atoms with Crippen LogP contribution in [-0.4, -0.2) is 46.0 Å². The van der Waals surface area contributed by atoms with E-state index < -0.39 is 9.84 Å². The fraction of sp³-hybridized carbons (Fsp3) is 0.423. The molecule has 6 nitrogen and oxygen atoms in total. The number of aryl methyl sites for hydroxylation is 2. The van der Waals surface area contributed by atoms with Gasteiger partial charge in [0.05, 0.1) is 30.1 Å². The van der Waals surface area contributed by atoms with E-state index in [1.54, 1.807) is 25.6 Å². The van der Waals surface area contributed by atoms with Crippen molar-refractivity contribution in [3.63, 3.8) is 0 Å². The maximum Gasteiger partial charge on any atom is 0.185 e. The third-order valence-corrected chi connectivity index (χ3v) is 10.3. The van der Waals surface area contributed by atoms with E-state index >= 15 is 0 Å². The highest BCUT2D eigenvalue weighted by Gasteiger charge is 2.34. The largest absolute Gasteiger partial charge is 0.493 e. The molecule has 0 bridgehead atoms. The zero-order chi connectivity index (χ0) is 24.6. The normalized spacial score (nSPS) is 14.9. The Kier molecular flexibility index (Phi) is 6.92. The Morgan fingerprint density at radius 2 is 1.56 bits per heavy atom. The van der Waals surface area contributed by atoms with Gasteiger partial charge >= 0.3 is 0 Å². The average Bonchev–Trinajstić information content (AvgIpc) is 3.33. The molecule has 0 atom stereocenters. The lowest BCUT2D eigenvalue weighted by molar-refractivity contribution is 0.355. The van der Waals surface area contributed by atoms with E-state index in [1.807, 2.05) is 51.3 Å². The average molecular weight is 501 g/mol. The van der Waals surface area contributed by atoms with Gasteiger partial charge in [0.15, 0.2) is 26.5 Å². The number of rotatable bonds is 6. The van der Waals surface area contributed by atoms with Crippen molar-refractivity contribution in [2.75, 3.05) is 32.2 Å². The minimum Gasteiger partial charge on any atom is -0.493 e. The fourth-order valence-corrected chi connectivity index (χ4v) is 7.90. The molecule has 34 heavy (non-hydrogen) atoms. The van der Waals surface area contributed by atoms with Crippen molar-refractivity contribution in [1.82, 2.24) is 4.98 Å². The summed E-state index contributed by atoms with van der Waals surface area (Å²) in [7, 11) is -0.161. The van der Waals surface area contributed by atoms with Crippen molar-refractivity contribution in [1.29, 1.82) is 0 Å². The third kappa shape index (κ3) is 4.41. The first-order valence-corrected chi connectivity index (χ1v) is 13.8. The van der Waals surface area contributed by atoms with Crippen LogP contribution in [0.2, 0.25) is 0 Å². The van der Waals surface area contributed by atoms with Crippen LogP contribution in [-0.2, 0) is 9.84 Å². The molecule has 1 aromatic heterocycles. The zero-order valence-electron chi connectivity index (χ0n) is 20.6. The molecule has 0 saturated carbocycles. The van der Waals surface area contributed by atoms with Crippen molar-refractivity contribution in [3.05, 3.63) is 51.9 Å². The van der Waals surface area contributed by atoms with E-state index in [2.05, 4.69) is 11.0 Å². The molecule has 182 valence electrons. The van der Waals surface area contributed by atoms with Crippen molar-refractivity contribution in [2.45, 2.75) is 50.7 Å². The summed E-state index contributed by atoms with van der Waals surface area (Å²) >= 11 is 1.58. The van der Waals surface area contributed by atoms with Crippen LogP contribution in [0.3, 0.4) is 0 Å². The molecule has 0 radical (unpaired) electrons. The van der Waals surface area contributed by atoms with Crippen LogP contribution in [0.5, 0.6) is 11.5 Å². The summed E-state index contributed by atoms with van der Waals surface area (Å²) < 4.78 is 38.0. The van der Waals surface area contributed by atoms with Gasteiger partial charge in [-0.3, -0.25) is 0 Å². The predicted octanol–water partition coefficient (Wildman–Crippen LogP) is 5.50.